The van der Waals surface area contributed by atoms with E-state index in [0.29, 0.717) is 17.8 Å². The average Bonchev–Trinajstić information content (AvgIpc) is 2.52. The summed E-state index contributed by atoms with van der Waals surface area (Å²) in [6.45, 7) is 1.79. The van der Waals surface area contributed by atoms with Crippen LogP contribution in [0, 0.1) is 6.92 Å². The second kappa shape index (κ2) is 5.16. The lowest BCUT2D eigenvalue weighted by molar-refractivity contribution is -0.107. The summed E-state index contributed by atoms with van der Waals surface area (Å²) < 4.78 is 6.32. The molecule has 1 aromatic heterocycles. The molecule has 1 rings (SSSR count). The Labute approximate surface area is 93.7 Å². The highest BCUT2D eigenvalue weighted by molar-refractivity contribution is 5.71. The minimum Gasteiger partial charge on any atom is -0.493 e. The van der Waals surface area contributed by atoms with E-state index in [1.807, 2.05) is 0 Å². The Bertz CT molecular complexity index is 444. The van der Waals surface area contributed by atoms with E-state index in [1.54, 1.807) is 30.7 Å². The molecule has 1 heterocycles. The van der Waals surface area contributed by atoms with Gasteiger partial charge in [0, 0.05) is 7.05 Å². The van der Waals surface area contributed by atoms with Gasteiger partial charge in [0.15, 0.2) is 12.0 Å². The van der Waals surface area contributed by atoms with Gasteiger partial charge in [0.05, 0.1) is 7.11 Å². The van der Waals surface area contributed by atoms with Crippen LogP contribution in [-0.2, 0) is 16.6 Å². The first-order chi connectivity index (χ1) is 7.60. The quantitative estimate of drug-likeness (QED) is 0.359. The van der Waals surface area contributed by atoms with Crippen LogP contribution in [0.3, 0.4) is 0 Å². The summed E-state index contributed by atoms with van der Waals surface area (Å²) in [4.78, 5) is 14.5. The van der Waals surface area contributed by atoms with Crippen molar-refractivity contribution in [3.8, 4) is 5.88 Å². The second-order valence-electron chi connectivity index (χ2n) is 3.18. The number of methoxy groups -OCH3 is 1. The molecule has 0 spiro atoms. The van der Waals surface area contributed by atoms with Crippen molar-refractivity contribution in [3.63, 3.8) is 0 Å². The molecule has 0 aromatic carbocycles. The van der Waals surface area contributed by atoms with E-state index in [2.05, 4.69) is 4.98 Å². The number of aryl methyl sites for hydroxylation is 1. The van der Waals surface area contributed by atoms with Crippen molar-refractivity contribution >= 4 is 12.4 Å². The Balaban J connectivity index is 2.88. The van der Waals surface area contributed by atoms with E-state index < -0.39 is 0 Å². The number of allylic oxidation sites excluding steroid dienone is 3. The minimum absolute atomic E-state index is 0.0900. The Kier molecular flexibility index (Phi) is 3.88. The Morgan fingerprint density at radius 1 is 1.56 bits per heavy atom. The molecule has 5 heteroatoms. The minimum atomic E-state index is 0.0900. The smallest absolute Gasteiger partial charge is 0.218 e. The van der Waals surface area contributed by atoms with Crippen LogP contribution in [0.15, 0.2) is 17.9 Å². The first kappa shape index (κ1) is 12.0. The maximum Gasteiger partial charge on any atom is 0.218 e. The van der Waals surface area contributed by atoms with E-state index in [9.17, 15) is 9.90 Å². The first-order valence-electron chi connectivity index (χ1n) is 4.70. The maximum absolute atomic E-state index is 10.4. The molecule has 0 aliphatic carbocycles. The van der Waals surface area contributed by atoms with Crippen molar-refractivity contribution < 1.29 is 14.6 Å². The van der Waals surface area contributed by atoms with Gasteiger partial charge in [0.25, 0.3) is 0 Å². The van der Waals surface area contributed by atoms with Gasteiger partial charge in [-0.2, -0.15) is 0 Å². The normalized spacial score (nSPS) is 12.1. The van der Waals surface area contributed by atoms with Gasteiger partial charge in [-0.05, 0) is 19.1 Å². The molecule has 0 radical (unpaired) electrons. The zero-order chi connectivity index (χ0) is 12.1. The third-order valence-electron chi connectivity index (χ3n) is 2.18. The summed E-state index contributed by atoms with van der Waals surface area (Å²) in [6.07, 6.45) is 5.30. The Hall–Kier alpha value is -2.04. The fraction of sp³-hybridized carbons (Fsp3) is 0.273. The number of nitrogens with zero attached hydrogens (tertiary/aromatic N) is 2. The van der Waals surface area contributed by atoms with Gasteiger partial charge in [-0.1, -0.05) is 6.08 Å². The molecular weight excluding hydrogens is 208 g/mol. The molecule has 1 N–H and O–H groups in total. The highest BCUT2D eigenvalue weighted by Gasteiger charge is 2.06. The number of carbonyl (C=O) groups is 1. The van der Waals surface area contributed by atoms with E-state index in [4.69, 9.17) is 4.74 Å². The molecular formula is C11H14N2O3. The average molecular weight is 222 g/mol. The molecule has 0 amide bonds. The lowest BCUT2D eigenvalue weighted by atomic mass is 10.3. The third kappa shape index (κ3) is 2.50. The van der Waals surface area contributed by atoms with Crippen molar-refractivity contribution in [3.05, 3.63) is 29.4 Å². The molecule has 0 aliphatic heterocycles. The summed E-state index contributed by atoms with van der Waals surface area (Å²) in [6, 6.07) is 0. The molecule has 0 saturated carbocycles. The van der Waals surface area contributed by atoms with Crippen molar-refractivity contribution in [2.45, 2.75) is 6.92 Å². The number of aldehydes is 1. The fourth-order valence-corrected chi connectivity index (χ4v) is 1.13. The van der Waals surface area contributed by atoms with Crippen molar-refractivity contribution in [1.29, 1.82) is 0 Å². The predicted octanol–water partition coefficient (Wildman–Crippen LogP) is 1.18. The molecule has 0 atom stereocenters. The molecule has 86 valence electrons. The number of ether oxygens (including phenoxy) is 1. The Morgan fingerprint density at radius 3 is 2.69 bits per heavy atom. The fourth-order valence-electron chi connectivity index (χ4n) is 1.13. The predicted molar refractivity (Wildman–Crippen MR) is 59.8 cm³/mol. The number of aromatic nitrogens is 2. The monoisotopic (exact) mass is 222 g/mol. The standard InChI is InChI=1S/C11H14N2O3/c1-8-12-10(11(15)13(8)2)6-4-5-9(7-14)16-3/h4-7,15H,1-3H3. The van der Waals surface area contributed by atoms with Gasteiger partial charge in [0.2, 0.25) is 5.88 Å². The van der Waals surface area contributed by atoms with Crippen LogP contribution in [0.1, 0.15) is 11.5 Å². The summed E-state index contributed by atoms with van der Waals surface area (Å²) >= 11 is 0. The molecule has 0 fully saturated rings. The summed E-state index contributed by atoms with van der Waals surface area (Å²) in [7, 11) is 3.13. The van der Waals surface area contributed by atoms with E-state index >= 15 is 0 Å². The van der Waals surface area contributed by atoms with Crippen LogP contribution in [0.5, 0.6) is 5.88 Å². The van der Waals surface area contributed by atoms with Crippen LogP contribution >= 0.6 is 0 Å². The molecule has 1 aromatic rings. The van der Waals surface area contributed by atoms with Gasteiger partial charge in [-0.25, -0.2) is 4.98 Å². The zero-order valence-electron chi connectivity index (χ0n) is 9.47. The Morgan fingerprint density at radius 2 is 2.25 bits per heavy atom. The third-order valence-corrected chi connectivity index (χ3v) is 2.18. The molecule has 0 aliphatic rings. The van der Waals surface area contributed by atoms with E-state index in [1.165, 1.54) is 13.2 Å². The number of imidazole rings is 1. The van der Waals surface area contributed by atoms with Gasteiger partial charge in [-0.3, -0.25) is 4.79 Å². The molecule has 0 saturated heterocycles. The summed E-state index contributed by atoms with van der Waals surface area (Å²) in [5.41, 5.74) is 0.456. The summed E-state index contributed by atoms with van der Waals surface area (Å²) in [5, 5.41) is 9.63. The van der Waals surface area contributed by atoms with Gasteiger partial charge in [-0.15, -0.1) is 0 Å². The molecule has 0 bridgehead atoms. The molecule has 0 unspecified atom stereocenters. The topological polar surface area (TPSA) is 64.3 Å². The van der Waals surface area contributed by atoms with Crippen LogP contribution in [-0.4, -0.2) is 28.1 Å². The lowest BCUT2D eigenvalue weighted by Gasteiger charge is -1.94. The number of hydrogen-bond acceptors (Lipinski definition) is 4. The van der Waals surface area contributed by atoms with E-state index in [-0.39, 0.29) is 11.6 Å². The van der Waals surface area contributed by atoms with Crippen molar-refractivity contribution in [2.75, 3.05) is 7.11 Å². The van der Waals surface area contributed by atoms with E-state index in [0.717, 1.165) is 0 Å². The first-order valence-corrected chi connectivity index (χ1v) is 4.70. The summed E-state index contributed by atoms with van der Waals surface area (Å²) in [5.74, 6) is 1.01. The molecule has 16 heavy (non-hydrogen) atoms. The highest BCUT2D eigenvalue weighted by Crippen LogP contribution is 2.18. The largest absolute Gasteiger partial charge is 0.493 e. The number of hydrogen-bond donors (Lipinski definition) is 1. The highest BCUT2D eigenvalue weighted by atomic mass is 16.5. The van der Waals surface area contributed by atoms with Crippen molar-refractivity contribution in [2.24, 2.45) is 7.05 Å². The molecule has 5 nitrogen and oxygen atoms in total. The van der Waals surface area contributed by atoms with Gasteiger partial charge < -0.3 is 14.4 Å². The lowest BCUT2D eigenvalue weighted by Crippen LogP contribution is -1.88. The maximum atomic E-state index is 10.4. The van der Waals surface area contributed by atoms with Crippen molar-refractivity contribution in [1.82, 2.24) is 9.55 Å². The number of aromatic hydroxyl groups is 1. The SMILES string of the molecule is COC(C=O)=CC=Cc1nc(C)n(C)c1O. The second-order valence-corrected chi connectivity index (χ2v) is 3.18. The van der Waals surface area contributed by atoms with Crippen LogP contribution in [0.25, 0.3) is 6.08 Å². The van der Waals surface area contributed by atoms with Gasteiger partial charge >= 0.3 is 0 Å². The number of carbonyl (C=O) groups excluding carboxylic acids is 1. The zero-order valence-corrected chi connectivity index (χ0v) is 9.47. The van der Waals surface area contributed by atoms with Gasteiger partial charge in [0.1, 0.15) is 11.5 Å². The van der Waals surface area contributed by atoms with Crippen LogP contribution in [0.4, 0.5) is 0 Å². The van der Waals surface area contributed by atoms with Crippen LogP contribution in [0.2, 0.25) is 0 Å². The number of rotatable bonds is 4. The van der Waals surface area contributed by atoms with Crippen LogP contribution < -0.4 is 0 Å².